The van der Waals surface area contributed by atoms with Gasteiger partial charge in [0.2, 0.25) is 0 Å². The van der Waals surface area contributed by atoms with Crippen LogP contribution in [0.5, 0.6) is 0 Å². The molecule has 7 heteroatoms. The second kappa shape index (κ2) is 10.9. The van der Waals surface area contributed by atoms with Crippen LogP contribution in [0.2, 0.25) is 0 Å². The van der Waals surface area contributed by atoms with Crippen molar-refractivity contribution in [1.82, 2.24) is 10.2 Å². The van der Waals surface area contributed by atoms with Crippen LogP contribution in [0.4, 0.5) is 0 Å². The van der Waals surface area contributed by atoms with Gasteiger partial charge in [-0.05, 0) is 32.5 Å². The average Bonchev–Trinajstić information content (AvgIpc) is 2.75. The number of furan rings is 1. The molecular weight excluding hydrogens is 313 g/mol. The van der Waals surface area contributed by atoms with Crippen molar-refractivity contribution in [2.75, 3.05) is 20.6 Å². The van der Waals surface area contributed by atoms with Gasteiger partial charge in [0.1, 0.15) is 12.0 Å². The smallest absolute Gasteiger partial charge is 0.254 e. The zero-order valence-electron chi connectivity index (χ0n) is 13.1. The topological polar surface area (TPSA) is 71.5 Å². The van der Waals surface area contributed by atoms with Gasteiger partial charge in [-0.15, -0.1) is 24.8 Å². The number of rotatable bonds is 7. The zero-order valence-corrected chi connectivity index (χ0v) is 14.7. The highest BCUT2D eigenvalue weighted by molar-refractivity contribution is 5.94. The first-order valence-corrected chi connectivity index (χ1v) is 6.65. The highest BCUT2D eigenvalue weighted by Crippen LogP contribution is 2.10. The van der Waals surface area contributed by atoms with Crippen LogP contribution in [-0.4, -0.2) is 37.5 Å². The number of nitrogens with zero attached hydrogens (tertiary/aromatic N) is 1. The maximum atomic E-state index is 12.1. The minimum atomic E-state index is -0.101. The first-order valence-electron chi connectivity index (χ1n) is 6.65. The van der Waals surface area contributed by atoms with Gasteiger partial charge in [-0.25, -0.2) is 0 Å². The van der Waals surface area contributed by atoms with Crippen molar-refractivity contribution in [1.29, 1.82) is 0 Å². The molecule has 1 aromatic rings. The quantitative estimate of drug-likeness (QED) is 0.799. The van der Waals surface area contributed by atoms with E-state index in [-0.39, 0.29) is 36.8 Å². The van der Waals surface area contributed by atoms with Gasteiger partial charge in [0.05, 0.1) is 12.1 Å². The number of nitrogens with one attached hydrogen (secondary N) is 1. The van der Waals surface area contributed by atoms with Crippen molar-refractivity contribution < 1.29 is 9.21 Å². The number of carbonyl (C=O) groups excluding carboxylic acids is 1. The second-order valence-corrected chi connectivity index (χ2v) is 5.57. The maximum Gasteiger partial charge on any atom is 0.254 e. The molecule has 5 nitrogen and oxygen atoms in total. The van der Waals surface area contributed by atoms with E-state index in [4.69, 9.17) is 10.2 Å². The highest BCUT2D eigenvalue weighted by atomic mass is 35.5. The maximum absolute atomic E-state index is 12.1. The summed E-state index contributed by atoms with van der Waals surface area (Å²) in [5, 5.41) is 3.05. The molecule has 0 aromatic carbocycles. The fraction of sp³-hybridized carbons (Fsp3) is 0.643. The summed E-state index contributed by atoms with van der Waals surface area (Å²) >= 11 is 0. The van der Waals surface area contributed by atoms with Crippen LogP contribution in [0.25, 0.3) is 0 Å². The second-order valence-electron chi connectivity index (χ2n) is 5.57. The van der Waals surface area contributed by atoms with Crippen LogP contribution in [0, 0.1) is 5.92 Å². The molecule has 0 saturated heterocycles. The standard InChI is InChI=1S/C14H25N3O2.2ClH/c1-10(2)5-12(8-17(3)4)16-14(18)11-6-13(7-15)19-9-11;;/h6,9-10,12H,5,7-8,15H2,1-4H3,(H,16,18);2*1H. The number of hydrogen-bond donors (Lipinski definition) is 2. The van der Waals surface area contributed by atoms with Crippen LogP contribution in [0.1, 0.15) is 36.4 Å². The summed E-state index contributed by atoms with van der Waals surface area (Å²) in [5.41, 5.74) is 6.00. The summed E-state index contributed by atoms with van der Waals surface area (Å²) in [4.78, 5) is 14.2. The lowest BCUT2D eigenvalue weighted by Gasteiger charge is -2.23. The molecular formula is C14H27Cl2N3O2. The Bertz CT molecular complexity index is 399. The molecule has 0 bridgehead atoms. The fourth-order valence-corrected chi connectivity index (χ4v) is 2.06. The zero-order chi connectivity index (χ0) is 14.4. The Balaban J connectivity index is 0. The van der Waals surface area contributed by atoms with E-state index in [9.17, 15) is 4.79 Å². The van der Waals surface area contributed by atoms with Crippen molar-refractivity contribution in [2.45, 2.75) is 32.9 Å². The third kappa shape index (κ3) is 8.31. The number of likely N-dealkylation sites (N-methyl/N-ethyl adjacent to an activating group) is 1. The van der Waals surface area contributed by atoms with Crippen molar-refractivity contribution in [3.8, 4) is 0 Å². The van der Waals surface area contributed by atoms with E-state index in [0.717, 1.165) is 13.0 Å². The molecule has 0 aliphatic carbocycles. The molecule has 21 heavy (non-hydrogen) atoms. The van der Waals surface area contributed by atoms with Gasteiger partial charge in [0.15, 0.2) is 0 Å². The van der Waals surface area contributed by atoms with Crippen molar-refractivity contribution in [3.63, 3.8) is 0 Å². The largest absolute Gasteiger partial charge is 0.467 e. The fourth-order valence-electron chi connectivity index (χ4n) is 2.06. The van der Waals surface area contributed by atoms with E-state index in [1.807, 2.05) is 14.1 Å². The predicted octanol–water partition coefficient (Wildman–Crippen LogP) is 2.29. The Labute approximate surface area is 139 Å². The summed E-state index contributed by atoms with van der Waals surface area (Å²) in [6.07, 6.45) is 2.41. The van der Waals surface area contributed by atoms with Crippen molar-refractivity contribution in [2.24, 2.45) is 11.7 Å². The molecule has 0 radical (unpaired) electrons. The van der Waals surface area contributed by atoms with E-state index in [0.29, 0.717) is 23.8 Å². The van der Waals surface area contributed by atoms with E-state index in [1.165, 1.54) is 6.26 Å². The van der Waals surface area contributed by atoms with Crippen LogP contribution < -0.4 is 11.1 Å². The van der Waals surface area contributed by atoms with Gasteiger partial charge in [0.25, 0.3) is 5.91 Å². The monoisotopic (exact) mass is 339 g/mol. The highest BCUT2D eigenvalue weighted by Gasteiger charge is 2.17. The van der Waals surface area contributed by atoms with Crippen LogP contribution in [-0.2, 0) is 6.54 Å². The van der Waals surface area contributed by atoms with Gasteiger partial charge < -0.3 is 20.4 Å². The van der Waals surface area contributed by atoms with Gasteiger partial charge in [-0.1, -0.05) is 13.8 Å². The van der Waals surface area contributed by atoms with E-state index < -0.39 is 0 Å². The van der Waals surface area contributed by atoms with Gasteiger partial charge in [0, 0.05) is 12.6 Å². The number of nitrogens with two attached hydrogens (primary N) is 1. The minimum Gasteiger partial charge on any atom is -0.467 e. The molecule has 0 spiro atoms. The van der Waals surface area contributed by atoms with Crippen LogP contribution in [0.15, 0.2) is 16.7 Å². The molecule has 1 amide bonds. The third-order valence-corrected chi connectivity index (χ3v) is 2.79. The Morgan fingerprint density at radius 2 is 2.00 bits per heavy atom. The molecule has 1 heterocycles. The third-order valence-electron chi connectivity index (χ3n) is 2.79. The first kappa shape index (κ1) is 22.5. The van der Waals surface area contributed by atoms with Crippen LogP contribution >= 0.6 is 24.8 Å². The summed E-state index contributed by atoms with van der Waals surface area (Å²) < 4.78 is 5.18. The molecule has 1 rings (SSSR count). The molecule has 3 N–H and O–H groups in total. The molecule has 124 valence electrons. The number of amides is 1. The van der Waals surface area contributed by atoms with Crippen molar-refractivity contribution >= 4 is 30.7 Å². The Morgan fingerprint density at radius 3 is 2.43 bits per heavy atom. The van der Waals surface area contributed by atoms with E-state index in [2.05, 4.69) is 24.1 Å². The Hall–Kier alpha value is -0.750. The molecule has 1 unspecified atom stereocenters. The lowest BCUT2D eigenvalue weighted by molar-refractivity contribution is 0.0924. The normalized spacial score (nSPS) is 11.8. The Kier molecular flexibility index (Phi) is 11.7. The first-order chi connectivity index (χ1) is 8.92. The van der Waals surface area contributed by atoms with E-state index >= 15 is 0 Å². The lowest BCUT2D eigenvalue weighted by Crippen LogP contribution is -2.42. The molecule has 0 aliphatic heterocycles. The van der Waals surface area contributed by atoms with Crippen molar-refractivity contribution in [3.05, 3.63) is 23.7 Å². The number of carbonyl (C=O) groups is 1. The molecule has 1 aromatic heterocycles. The summed E-state index contributed by atoms with van der Waals surface area (Å²) in [6, 6.07) is 1.83. The molecule has 0 fully saturated rings. The average molecular weight is 340 g/mol. The Morgan fingerprint density at radius 1 is 1.38 bits per heavy atom. The minimum absolute atomic E-state index is 0. The van der Waals surface area contributed by atoms with Crippen LogP contribution in [0.3, 0.4) is 0 Å². The van der Waals surface area contributed by atoms with Gasteiger partial charge >= 0.3 is 0 Å². The number of hydrogen-bond acceptors (Lipinski definition) is 4. The molecule has 0 aliphatic rings. The van der Waals surface area contributed by atoms with Gasteiger partial charge in [-0.3, -0.25) is 4.79 Å². The summed E-state index contributed by atoms with van der Waals surface area (Å²) in [7, 11) is 4.01. The summed E-state index contributed by atoms with van der Waals surface area (Å²) in [5.74, 6) is 1.06. The SMILES string of the molecule is CC(C)CC(CN(C)C)NC(=O)c1coc(CN)c1.Cl.Cl. The molecule has 0 saturated carbocycles. The predicted molar refractivity (Wildman–Crippen MR) is 90.4 cm³/mol. The molecule has 1 atom stereocenters. The van der Waals surface area contributed by atoms with E-state index in [1.54, 1.807) is 6.07 Å². The lowest BCUT2D eigenvalue weighted by atomic mass is 10.0. The van der Waals surface area contributed by atoms with Gasteiger partial charge in [-0.2, -0.15) is 0 Å². The summed E-state index contributed by atoms with van der Waals surface area (Å²) in [6.45, 7) is 5.43. The number of halogens is 2.